The molecule has 1 aromatic carbocycles. The lowest BCUT2D eigenvalue weighted by atomic mass is 9.94. The van der Waals surface area contributed by atoms with E-state index in [1.54, 1.807) is 12.1 Å². The van der Waals surface area contributed by atoms with Crippen molar-refractivity contribution >= 4 is 34.4 Å². The van der Waals surface area contributed by atoms with Crippen LogP contribution in [-0.2, 0) is 22.5 Å². The lowest BCUT2D eigenvalue weighted by Gasteiger charge is -2.33. The van der Waals surface area contributed by atoms with E-state index in [9.17, 15) is 9.18 Å². The van der Waals surface area contributed by atoms with Crippen molar-refractivity contribution in [3.8, 4) is 5.88 Å². The molecule has 4 heterocycles. The molecule has 35 heavy (non-hydrogen) atoms. The maximum Gasteiger partial charge on any atom is 0.235 e. The van der Waals surface area contributed by atoms with Crippen LogP contribution in [0.2, 0.25) is 0 Å². The van der Waals surface area contributed by atoms with Crippen LogP contribution in [0.5, 0.6) is 5.88 Å². The third kappa shape index (κ3) is 5.40. The summed E-state index contributed by atoms with van der Waals surface area (Å²) in [4.78, 5) is 21.6. The number of halogens is 1. The largest absolute Gasteiger partial charge is 0.481 e. The summed E-state index contributed by atoms with van der Waals surface area (Å²) in [5.74, 6) is 1.14. The normalized spacial score (nSPS) is 20.8. The van der Waals surface area contributed by atoms with Gasteiger partial charge < -0.3 is 25.8 Å². The maximum absolute atomic E-state index is 14.7. The molecule has 1 amide bonds. The van der Waals surface area contributed by atoms with Gasteiger partial charge in [0.1, 0.15) is 11.6 Å². The molecular formula is C25H28FN5O3S. The minimum absolute atomic E-state index is 0.0264. The van der Waals surface area contributed by atoms with Gasteiger partial charge in [0, 0.05) is 35.6 Å². The summed E-state index contributed by atoms with van der Waals surface area (Å²) in [5, 5.41) is 7.15. The van der Waals surface area contributed by atoms with Gasteiger partial charge in [-0.25, -0.2) is 14.4 Å². The highest BCUT2D eigenvalue weighted by molar-refractivity contribution is 8.00. The number of hydrogen-bond acceptors (Lipinski definition) is 8. The van der Waals surface area contributed by atoms with Crippen molar-refractivity contribution in [2.45, 2.75) is 48.9 Å². The fourth-order valence-electron chi connectivity index (χ4n) is 4.50. The fourth-order valence-corrected chi connectivity index (χ4v) is 5.26. The van der Waals surface area contributed by atoms with E-state index in [0.29, 0.717) is 48.1 Å². The van der Waals surface area contributed by atoms with Gasteiger partial charge in [-0.05, 0) is 49.6 Å². The van der Waals surface area contributed by atoms with Crippen molar-refractivity contribution < 1.29 is 18.7 Å². The Morgan fingerprint density at radius 3 is 2.91 bits per heavy atom. The van der Waals surface area contributed by atoms with Gasteiger partial charge in [0.2, 0.25) is 11.8 Å². The first-order chi connectivity index (χ1) is 17.0. The molecule has 3 aromatic rings. The molecule has 0 unspecified atom stereocenters. The first kappa shape index (κ1) is 23.9. The van der Waals surface area contributed by atoms with Gasteiger partial charge in [-0.3, -0.25) is 4.79 Å². The van der Waals surface area contributed by atoms with Gasteiger partial charge in [0.15, 0.2) is 0 Å². The third-order valence-electron chi connectivity index (χ3n) is 6.43. The molecule has 184 valence electrons. The molecule has 2 aliphatic heterocycles. The molecule has 2 aromatic heterocycles. The highest BCUT2D eigenvalue weighted by atomic mass is 32.2. The number of aromatic nitrogens is 2. The number of methoxy groups -OCH3 is 1. The monoisotopic (exact) mass is 497 g/mol. The number of ether oxygens (including phenoxy) is 2. The van der Waals surface area contributed by atoms with Crippen molar-refractivity contribution in [3.63, 3.8) is 0 Å². The standard InChI is InChI=1S/C25H28FN5O3S/c1-33-23-9-3-14-2-6-18(26)17(24(14)31-23)10-19(27)20-7-4-16(12-34-20)28-11-15-5-8-21-25(29-15)30-22(32)13-35-21/h2-3,5-6,8-9,16,19-20,28H,4,7,10-13,27H2,1H3,(H,29,30,32)/t16-,19-,20+/m1/s1. The van der Waals surface area contributed by atoms with Crippen LogP contribution in [-0.4, -0.2) is 53.5 Å². The summed E-state index contributed by atoms with van der Waals surface area (Å²) < 4.78 is 26.0. The zero-order valence-electron chi connectivity index (χ0n) is 19.4. The van der Waals surface area contributed by atoms with E-state index < -0.39 is 0 Å². The van der Waals surface area contributed by atoms with Crippen LogP contribution < -0.4 is 21.1 Å². The molecule has 0 spiro atoms. The van der Waals surface area contributed by atoms with E-state index in [4.69, 9.17) is 15.2 Å². The molecule has 5 rings (SSSR count). The summed E-state index contributed by atoms with van der Waals surface area (Å²) in [6.45, 7) is 1.09. The van der Waals surface area contributed by atoms with Gasteiger partial charge >= 0.3 is 0 Å². The van der Waals surface area contributed by atoms with Crippen LogP contribution in [0.25, 0.3) is 10.9 Å². The molecule has 1 saturated heterocycles. The molecule has 0 aliphatic carbocycles. The smallest absolute Gasteiger partial charge is 0.235 e. The number of fused-ring (bicyclic) bond motifs is 2. The number of pyridine rings is 2. The van der Waals surface area contributed by atoms with E-state index in [1.807, 2.05) is 18.2 Å². The Morgan fingerprint density at radius 1 is 1.26 bits per heavy atom. The molecule has 2 aliphatic rings. The van der Waals surface area contributed by atoms with Gasteiger partial charge in [-0.15, -0.1) is 11.8 Å². The Bertz CT molecular complexity index is 1240. The van der Waals surface area contributed by atoms with Crippen LogP contribution in [0.3, 0.4) is 0 Å². The minimum Gasteiger partial charge on any atom is -0.481 e. The van der Waals surface area contributed by atoms with E-state index in [1.165, 1.54) is 24.9 Å². The third-order valence-corrected chi connectivity index (χ3v) is 7.47. The molecule has 0 radical (unpaired) electrons. The van der Waals surface area contributed by atoms with Crippen molar-refractivity contribution in [3.05, 3.63) is 53.5 Å². The summed E-state index contributed by atoms with van der Waals surface area (Å²) in [6.07, 6.45) is 1.82. The second-order valence-electron chi connectivity index (χ2n) is 8.83. The molecule has 0 saturated carbocycles. The molecule has 0 bridgehead atoms. The number of carbonyl (C=O) groups is 1. The Balaban J connectivity index is 1.16. The fraction of sp³-hybridized carbons (Fsp3) is 0.400. The van der Waals surface area contributed by atoms with E-state index in [2.05, 4.69) is 20.6 Å². The Morgan fingerprint density at radius 2 is 2.11 bits per heavy atom. The quantitative estimate of drug-likeness (QED) is 0.457. The minimum atomic E-state index is -0.354. The van der Waals surface area contributed by atoms with E-state index >= 15 is 0 Å². The van der Waals surface area contributed by atoms with Gasteiger partial charge in [-0.1, -0.05) is 0 Å². The molecular weight excluding hydrogens is 469 g/mol. The highest BCUT2D eigenvalue weighted by Crippen LogP contribution is 2.30. The van der Waals surface area contributed by atoms with Crippen molar-refractivity contribution in [1.29, 1.82) is 0 Å². The first-order valence-corrected chi connectivity index (χ1v) is 12.6. The number of benzene rings is 1. The van der Waals surface area contributed by atoms with Crippen LogP contribution in [0.15, 0.2) is 41.3 Å². The summed E-state index contributed by atoms with van der Waals surface area (Å²) in [5.41, 5.74) is 8.40. The second-order valence-corrected chi connectivity index (χ2v) is 9.85. The number of amides is 1. The Labute approximate surface area is 207 Å². The number of hydrogen-bond donors (Lipinski definition) is 3. The van der Waals surface area contributed by atoms with Crippen LogP contribution in [0.4, 0.5) is 10.2 Å². The summed E-state index contributed by atoms with van der Waals surface area (Å²) >= 11 is 1.50. The number of nitrogens with two attached hydrogens (primary N) is 1. The molecule has 10 heteroatoms. The Kier molecular flexibility index (Phi) is 7.14. The maximum atomic E-state index is 14.7. The average Bonchev–Trinajstić information content (AvgIpc) is 2.88. The molecule has 8 nitrogen and oxygen atoms in total. The zero-order chi connectivity index (χ0) is 24.4. The predicted octanol–water partition coefficient (Wildman–Crippen LogP) is 3.03. The number of carbonyl (C=O) groups excluding carboxylic acids is 1. The molecule has 3 atom stereocenters. The van der Waals surface area contributed by atoms with E-state index in [0.717, 1.165) is 28.8 Å². The predicted molar refractivity (Wildman–Crippen MR) is 133 cm³/mol. The number of rotatable bonds is 7. The van der Waals surface area contributed by atoms with E-state index in [-0.39, 0.29) is 29.9 Å². The van der Waals surface area contributed by atoms with Crippen LogP contribution >= 0.6 is 11.8 Å². The number of anilines is 1. The SMILES string of the molecule is COc1ccc2ccc(F)c(C[C@@H](N)[C@@H]3CC[C@@H](NCc4ccc5c(n4)NC(=O)CS5)CO3)c2n1. The topological polar surface area (TPSA) is 111 Å². The second kappa shape index (κ2) is 10.4. The lowest BCUT2D eigenvalue weighted by molar-refractivity contribution is -0.113. The first-order valence-electron chi connectivity index (χ1n) is 11.7. The average molecular weight is 498 g/mol. The van der Waals surface area contributed by atoms with Crippen molar-refractivity contribution in [2.75, 3.05) is 24.8 Å². The van der Waals surface area contributed by atoms with Gasteiger partial charge in [0.25, 0.3) is 0 Å². The molecule has 1 fully saturated rings. The number of thioether (sulfide) groups is 1. The highest BCUT2D eigenvalue weighted by Gasteiger charge is 2.28. The molecule has 4 N–H and O–H groups in total. The van der Waals surface area contributed by atoms with Crippen LogP contribution in [0, 0.1) is 5.82 Å². The number of nitrogens with zero attached hydrogens (tertiary/aromatic N) is 2. The van der Waals surface area contributed by atoms with Gasteiger partial charge in [0.05, 0.1) is 41.7 Å². The number of nitrogens with one attached hydrogen (secondary N) is 2. The van der Waals surface area contributed by atoms with Crippen LogP contribution in [0.1, 0.15) is 24.1 Å². The summed E-state index contributed by atoms with van der Waals surface area (Å²) in [7, 11) is 1.54. The summed E-state index contributed by atoms with van der Waals surface area (Å²) in [6, 6.07) is 10.6. The van der Waals surface area contributed by atoms with Gasteiger partial charge in [-0.2, -0.15) is 0 Å². The lowest BCUT2D eigenvalue weighted by Crippen LogP contribution is -2.47. The zero-order valence-corrected chi connectivity index (χ0v) is 20.2. The van der Waals surface area contributed by atoms with Crippen molar-refractivity contribution in [2.24, 2.45) is 5.73 Å². The Hall–Kier alpha value is -2.79. The van der Waals surface area contributed by atoms with Crippen molar-refractivity contribution in [1.82, 2.24) is 15.3 Å².